The minimum Gasteiger partial charge on any atom is -0.493 e. The van der Waals surface area contributed by atoms with Crippen LogP contribution in [0.2, 0.25) is 5.02 Å². The number of carbonyl (C=O) groups is 1. The summed E-state index contributed by atoms with van der Waals surface area (Å²) in [5.41, 5.74) is 1.98. The van der Waals surface area contributed by atoms with Gasteiger partial charge in [-0.2, -0.15) is 4.98 Å². The Morgan fingerprint density at radius 2 is 1.94 bits per heavy atom. The monoisotopic (exact) mass is 485 g/mol. The number of methoxy groups -OCH3 is 1. The summed E-state index contributed by atoms with van der Waals surface area (Å²) in [4.78, 5) is 30.1. The zero-order valence-electron chi connectivity index (χ0n) is 18.6. The van der Waals surface area contributed by atoms with Crippen LogP contribution in [0.1, 0.15) is 36.0 Å². The number of ether oxygens (including phenoxy) is 2. The Kier molecular flexibility index (Phi) is 6.95. The van der Waals surface area contributed by atoms with Gasteiger partial charge in [-0.1, -0.05) is 41.6 Å². The van der Waals surface area contributed by atoms with Crippen molar-refractivity contribution in [2.24, 2.45) is 7.05 Å². The van der Waals surface area contributed by atoms with E-state index in [2.05, 4.69) is 10.3 Å². The smallest absolute Gasteiger partial charge is 0.279 e. The molecule has 2 aromatic carbocycles. The molecule has 3 aromatic rings. The van der Waals surface area contributed by atoms with Crippen molar-refractivity contribution in [3.05, 3.63) is 74.5 Å². The molecule has 1 atom stereocenters. The van der Waals surface area contributed by atoms with Gasteiger partial charge >= 0.3 is 0 Å². The van der Waals surface area contributed by atoms with Crippen molar-refractivity contribution < 1.29 is 14.3 Å². The van der Waals surface area contributed by atoms with E-state index in [-0.39, 0.29) is 17.9 Å². The van der Waals surface area contributed by atoms with Crippen molar-refractivity contribution in [1.29, 1.82) is 0 Å². The maximum atomic E-state index is 13.2. The van der Waals surface area contributed by atoms with Gasteiger partial charge in [-0.3, -0.25) is 9.59 Å². The van der Waals surface area contributed by atoms with E-state index >= 15 is 0 Å². The quantitative estimate of drug-likeness (QED) is 0.389. The highest BCUT2D eigenvalue weighted by atomic mass is 35.5. The number of hydrogen-bond acceptors (Lipinski definition) is 6. The van der Waals surface area contributed by atoms with E-state index in [1.165, 1.54) is 11.8 Å². The molecular weight excluding hydrogens is 462 g/mol. The number of aromatic nitrogens is 2. The molecule has 1 aliphatic rings. The minimum absolute atomic E-state index is 0.152. The number of hydrogen-bond donors (Lipinski definition) is 1. The Labute approximate surface area is 201 Å². The molecule has 1 aromatic heterocycles. The summed E-state index contributed by atoms with van der Waals surface area (Å²) in [5.74, 6) is 1.68. The fourth-order valence-corrected chi connectivity index (χ4v) is 4.90. The van der Waals surface area contributed by atoms with E-state index in [1.807, 2.05) is 43.3 Å². The van der Waals surface area contributed by atoms with Gasteiger partial charge in [-0.15, -0.1) is 0 Å². The molecule has 1 aliphatic heterocycles. The number of halogens is 1. The van der Waals surface area contributed by atoms with Crippen molar-refractivity contribution in [3.8, 4) is 11.5 Å². The zero-order valence-corrected chi connectivity index (χ0v) is 20.1. The van der Waals surface area contributed by atoms with Crippen LogP contribution in [-0.4, -0.2) is 29.2 Å². The molecule has 1 N–H and O–H groups in total. The minimum atomic E-state index is -0.430. The van der Waals surface area contributed by atoms with E-state index < -0.39 is 5.92 Å². The lowest BCUT2D eigenvalue weighted by molar-refractivity contribution is -0.116. The second-order valence-electron chi connectivity index (χ2n) is 7.58. The van der Waals surface area contributed by atoms with Crippen LogP contribution in [0.25, 0.3) is 0 Å². The first-order valence-corrected chi connectivity index (χ1v) is 11.9. The Balaban J connectivity index is 1.71. The summed E-state index contributed by atoms with van der Waals surface area (Å²) < 4.78 is 12.8. The molecule has 7 nitrogen and oxygen atoms in total. The Hall–Kier alpha value is -2.97. The number of fused-ring (bicyclic) bond motifs is 1. The average molecular weight is 486 g/mol. The van der Waals surface area contributed by atoms with Gasteiger partial charge in [-0.25, -0.2) is 0 Å². The first-order chi connectivity index (χ1) is 15.9. The molecule has 33 heavy (non-hydrogen) atoms. The summed E-state index contributed by atoms with van der Waals surface area (Å²) >= 11 is 7.38. The Morgan fingerprint density at radius 1 is 1.18 bits per heavy atom. The molecule has 1 unspecified atom stereocenters. The average Bonchev–Trinajstić information content (AvgIpc) is 2.81. The fraction of sp³-hybridized carbons (Fsp3) is 0.292. The number of benzene rings is 2. The lowest BCUT2D eigenvalue weighted by Gasteiger charge is -2.28. The predicted molar refractivity (Wildman–Crippen MR) is 130 cm³/mol. The molecular formula is C24H24ClN3O4S. The maximum Gasteiger partial charge on any atom is 0.279 e. The standard InChI is InChI=1S/C24H24ClN3O4S/c1-4-32-19-11-15(7-10-18(19)31-3)17-12-20(29)26-22-21(17)23(30)27-24(28(22)2)33-13-14-5-8-16(25)9-6-14/h5-11,17H,4,12-13H2,1-3H3,(H,26,29). The first-order valence-electron chi connectivity index (χ1n) is 10.5. The molecule has 9 heteroatoms. The van der Waals surface area contributed by atoms with Gasteiger partial charge in [-0.05, 0) is 42.3 Å². The Morgan fingerprint density at radius 3 is 2.64 bits per heavy atom. The SMILES string of the molecule is CCOc1cc(C2CC(=O)Nc3c2c(=O)nc(SCc2ccc(Cl)cc2)n3C)ccc1OC. The summed E-state index contributed by atoms with van der Waals surface area (Å²) in [6, 6.07) is 13.0. The van der Waals surface area contributed by atoms with Crippen molar-refractivity contribution in [2.75, 3.05) is 19.0 Å². The maximum absolute atomic E-state index is 13.2. The van der Waals surface area contributed by atoms with E-state index in [0.29, 0.717) is 45.4 Å². The summed E-state index contributed by atoms with van der Waals surface area (Å²) in [7, 11) is 3.38. The normalized spacial score (nSPS) is 15.0. The highest BCUT2D eigenvalue weighted by Gasteiger charge is 2.32. The molecule has 2 heterocycles. The van der Waals surface area contributed by atoms with Crippen LogP contribution in [0, 0.1) is 0 Å². The number of thioether (sulfide) groups is 1. The largest absolute Gasteiger partial charge is 0.493 e. The number of carbonyl (C=O) groups excluding carboxylic acids is 1. The topological polar surface area (TPSA) is 82.5 Å². The molecule has 0 spiro atoms. The summed E-state index contributed by atoms with van der Waals surface area (Å²) in [5, 5.41) is 4.07. The highest BCUT2D eigenvalue weighted by Crippen LogP contribution is 2.39. The van der Waals surface area contributed by atoms with Gasteiger partial charge in [0.1, 0.15) is 5.82 Å². The van der Waals surface area contributed by atoms with Crippen molar-refractivity contribution in [1.82, 2.24) is 9.55 Å². The van der Waals surface area contributed by atoms with Crippen LogP contribution < -0.4 is 20.3 Å². The lowest BCUT2D eigenvalue weighted by atomic mass is 9.86. The van der Waals surface area contributed by atoms with E-state index in [4.69, 9.17) is 21.1 Å². The van der Waals surface area contributed by atoms with Gasteiger partial charge in [0.2, 0.25) is 5.91 Å². The number of nitrogens with one attached hydrogen (secondary N) is 1. The molecule has 0 bridgehead atoms. The van der Waals surface area contributed by atoms with Gasteiger partial charge in [0.15, 0.2) is 16.7 Å². The molecule has 4 rings (SSSR count). The van der Waals surface area contributed by atoms with E-state index in [1.54, 1.807) is 24.8 Å². The first kappa shape index (κ1) is 23.2. The van der Waals surface area contributed by atoms with E-state index in [9.17, 15) is 9.59 Å². The molecule has 172 valence electrons. The molecule has 0 saturated carbocycles. The van der Waals surface area contributed by atoms with Crippen LogP contribution in [0.3, 0.4) is 0 Å². The molecule has 0 radical (unpaired) electrons. The summed E-state index contributed by atoms with van der Waals surface area (Å²) in [6.07, 6.45) is 0.152. The fourth-order valence-electron chi connectivity index (χ4n) is 3.86. The second-order valence-corrected chi connectivity index (χ2v) is 8.96. The van der Waals surface area contributed by atoms with Crippen molar-refractivity contribution in [2.45, 2.75) is 30.2 Å². The summed E-state index contributed by atoms with van der Waals surface area (Å²) in [6.45, 7) is 2.36. The number of nitrogens with zero attached hydrogens (tertiary/aromatic N) is 2. The van der Waals surface area contributed by atoms with E-state index in [0.717, 1.165) is 11.1 Å². The third kappa shape index (κ3) is 4.86. The van der Waals surface area contributed by atoms with Gasteiger partial charge in [0.05, 0.1) is 19.3 Å². The van der Waals surface area contributed by atoms with Crippen LogP contribution in [0.5, 0.6) is 11.5 Å². The highest BCUT2D eigenvalue weighted by molar-refractivity contribution is 7.98. The van der Waals surface area contributed by atoms with Gasteiger partial charge in [0.25, 0.3) is 5.56 Å². The predicted octanol–water partition coefficient (Wildman–Crippen LogP) is 4.61. The van der Waals surface area contributed by atoms with Crippen LogP contribution in [0.15, 0.2) is 52.4 Å². The van der Waals surface area contributed by atoms with Crippen molar-refractivity contribution in [3.63, 3.8) is 0 Å². The van der Waals surface area contributed by atoms with Crippen LogP contribution >= 0.6 is 23.4 Å². The number of anilines is 1. The Bertz CT molecular complexity index is 1240. The lowest BCUT2D eigenvalue weighted by Crippen LogP contribution is -2.33. The zero-order chi connectivity index (χ0) is 23.5. The number of rotatable bonds is 7. The third-order valence-corrected chi connectivity index (χ3v) is 6.82. The van der Waals surface area contributed by atoms with Crippen LogP contribution in [0.4, 0.5) is 5.82 Å². The molecule has 0 fully saturated rings. The van der Waals surface area contributed by atoms with Gasteiger partial charge < -0.3 is 19.4 Å². The molecule has 0 saturated heterocycles. The third-order valence-electron chi connectivity index (χ3n) is 5.47. The molecule has 0 aliphatic carbocycles. The van der Waals surface area contributed by atoms with Crippen LogP contribution in [-0.2, 0) is 17.6 Å². The number of amides is 1. The van der Waals surface area contributed by atoms with Gasteiger partial charge in [0, 0.05) is 30.2 Å². The molecule has 1 amide bonds. The second kappa shape index (κ2) is 9.89. The van der Waals surface area contributed by atoms with Crippen molar-refractivity contribution >= 4 is 35.1 Å².